The van der Waals surface area contributed by atoms with Crippen molar-refractivity contribution < 1.29 is 18.7 Å². The zero-order valence-electron chi connectivity index (χ0n) is 15.9. The van der Waals surface area contributed by atoms with Gasteiger partial charge in [-0.15, -0.1) is 10.2 Å². The second-order valence-electron chi connectivity index (χ2n) is 6.08. The maximum Gasteiger partial charge on any atom is 0.277 e. The molecule has 0 atom stereocenters. The lowest BCUT2D eigenvalue weighted by molar-refractivity contribution is -0.113. The molecular weight excluding hydrogens is 378 g/mol. The molecule has 146 valence electrons. The summed E-state index contributed by atoms with van der Waals surface area (Å²) in [6.07, 6.45) is 0. The van der Waals surface area contributed by atoms with Crippen LogP contribution in [-0.4, -0.2) is 29.0 Å². The first-order valence-electron chi connectivity index (χ1n) is 8.62. The van der Waals surface area contributed by atoms with Gasteiger partial charge in [0.1, 0.15) is 11.5 Å². The first kappa shape index (κ1) is 19.8. The van der Waals surface area contributed by atoms with Crippen molar-refractivity contribution in [3.8, 4) is 11.5 Å². The van der Waals surface area contributed by atoms with E-state index in [9.17, 15) is 4.79 Å². The van der Waals surface area contributed by atoms with Crippen LogP contribution >= 0.6 is 11.8 Å². The smallest absolute Gasteiger partial charge is 0.277 e. The zero-order chi connectivity index (χ0) is 19.9. The predicted octanol–water partition coefficient (Wildman–Crippen LogP) is 4.00. The molecule has 0 bridgehead atoms. The van der Waals surface area contributed by atoms with E-state index in [4.69, 9.17) is 13.9 Å². The minimum atomic E-state index is -0.133. The highest BCUT2D eigenvalue weighted by molar-refractivity contribution is 7.99. The van der Waals surface area contributed by atoms with Gasteiger partial charge in [-0.25, -0.2) is 0 Å². The van der Waals surface area contributed by atoms with Crippen molar-refractivity contribution >= 4 is 23.4 Å². The van der Waals surface area contributed by atoms with Gasteiger partial charge < -0.3 is 19.2 Å². The van der Waals surface area contributed by atoms with Gasteiger partial charge in [0, 0.05) is 5.69 Å². The van der Waals surface area contributed by atoms with Gasteiger partial charge in [-0.05, 0) is 49.7 Å². The number of hydrogen-bond acceptors (Lipinski definition) is 7. The number of nitrogens with one attached hydrogen (secondary N) is 1. The fraction of sp³-hybridized carbons (Fsp3) is 0.250. The SMILES string of the molecule is COc1ccc(OCc2nnc(SCC(=O)Nc3ccc(C)cc3C)o2)cc1. The molecule has 3 aromatic rings. The number of amides is 1. The molecule has 8 heteroatoms. The molecule has 0 radical (unpaired) electrons. The van der Waals surface area contributed by atoms with Crippen LogP contribution in [0, 0.1) is 13.8 Å². The van der Waals surface area contributed by atoms with Crippen molar-refractivity contribution in [3.63, 3.8) is 0 Å². The van der Waals surface area contributed by atoms with Gasteiger partial charge in [0.05, 0.1) is 12.9 Å². The third kappa shape index (κ3) is 5.50. The Labute approximate surface area is 167 Å². The zero-order valence-corrected chi connectivity index (χ0v) is 16.7. The average molecular weight is 399 g/mol. The molecule has 0 unspecified atom stereocenters. The van der Waals surface area contributed by atoms with Crippen LogP contribution < -0.4 is 14.8 Å². The molecule has 1 heterocycles. The van der Waals surface area contributed by atoms with Crippen molar-refractivity contribution in [2.24, 2.45) is 0 Å². The molecule has 7 nitrogen and oxygen atoms in total. The van der Waals surface area contributed by atoms with E-state index in [2.05, 4.69) is 15.5 Å². The highest BCUT2D eigenvalue weighted by Crippen LogP contribution is 2.21. The molecule has 28 heavy (non-hydrogen) atoms. The van der Waals surface area contributed by atoms with Crippen LogP contribution in [0.3, 0.4) is 0 Å². The van der Waals surface area contributed by atoms with E-state index >= 15 is 0 Å². The Morgan fingerprint density at radius 3 is 2.57 bits per heavy atom. The summed E-state index contributed by atoms with van der Waals surface area (Å²) >= 11 is 1.18. The number of aromatic nitrogens is 2. The van der Waals surface area contributed by atoms with Crippen molar-refractivity contribution in [3.05, 3.63) is 59.5 Å². The lowest BCUT2D eigenvalue weighted by Gasteiger charge is -2.08. The summed E-state index contributed by atoms with van der Waals surface area (Å²) < 4.78 is 16.2. The van der Waals surface area contributed by atoms with Gasteiger partial charge in [0.2, 0.25) is 5.91 Å². The lowest BCUT2D eigenvalue weighted by atomic mass is 10.1. The molecular formula is C20H21N3O4S. The summed E-state index contributed by atoms with van der Waals surface area (Å²) in [6.45, 7) is 4.12. The quantitative estimate of drug-likeness (QED) is 0.573. The summed E-state index contributed by atoms with van der Waals surface area (Å²) in [5.74, 6) is 1.80. The van der Waals surface area contributed by atoms with Crippen LogP contribution in [0.5, 0.6) is 11.5 Å². The number of rotatable bonds is 8. The molecule has 0 aliphatic carbocycles. The normalized spacial score (nSPS) is 10.5. The van der Waals surface area contributed by atoms with Crippen molar-refractivity contribution in [1.29, 1.82) is 0 Å². The van der Waals surface area contributed by atoms with Crippen LogP contribution in [0.15, 0.2) is 52.1 Å². The number of carbonyl (C=O) groups excluding carboxylic acids is 1. The number of methoxy groups -OCH3 is 1. The van der Waals surface area contributed by atoms with Crippen LogP contribution in [0.4, 0.5) is 5.69 Å². The van der Waals surface area contributed by atoms with E-state index in [1.807, 2.05) is 32.0 Å². The second kappa shape index (κ2) is 9.27. The predicted molar refractivity (Wildman–Crippen MR) is 107 cm³/mol. The molecule has 0 spiro atoms. The number of anilines is 1. The number of ether oxygens (including phenoxy) is 2. The summed E-state index contributed by atoms with van der Waals surface area (Å²) in [5.41, 5.74) is 2.98. The summed E-state index contributed by atoms with van der Waals surface area (Å²) in [6, 6.07) is 13.1. The molecule has 1 amide bonds. The number of benzene rings is 2. The van der Waals surface area contributed by atoms with Gasteiger partial charge in [-0.3, -0.25) is 4.79 Å². The molecule has 0 fully saturated rings. The van der Waals surface area contributed by atoms with Crippen LogP contribution in [0.25, 0.3) is 0 Å². The molecule has 1 N–H and O–H groups in total. The summed E-state index contributed by atoms with van der Waals surface area (Å²) in [7, 11) is 1.61. The molecule has 3 rings (SSSR count). The van der Waals surface area contributed by atoms with E-state index < -0.39 is 0 Å². The van der Waals surface area contributed by atoms with Gasteiger partial charge in [-0.2, -0.15) is 0 Å². The monoisotopic (exact) mass is 399 g/mol. The first-order chi connectivity index (χ1) is 13.5. The maximum atomic E-state index is 12.1. The van der Waals surface area contributed by atoms with Crippen molar-refractivity contribution in [2.45, 2.75) is 25.7 Å². The van der Waals surface area contributed by atoms with Gasteiger partial charge >= 0.3 is 0 Å². The maximum absolute atomic E-state index is 12.1. The Kier molecular flexibility index (Phi) is 6.54. The minimum absolute atomic E-state index is 0.133. The average Bonchev–Trinajstić information content (AvgIpc) is 3.15. The van der Waals surface area contributed by atoms with Gasteiger partial charge in [0.15, 0.2) is 6.61 Å². The Balaban J connectivity index is 1.46. The number of carbonyl (C=O) groups is 1. The molecule has 0 saturated heterocycles. The number of hydrogen-bond donors (Lipinski definition) is 1. The Morgan fingerprint density at radius 2 is 1.86 bits per heavy atom. The standard InChI is InChI=1S/C20H21N3O4S/c1-13-4-9-17(14(2)10-13)21-18(24)12-28-20-23-22-19(27-20)11-26-16-7-5-15(25-3)6-8-16/h4-10H,11-12H2,1-3H3,(H,21,24). The number of thioether (sulfide) groups is 1. The topological polar surface area (TPSA) is 86.5 Å². The fourth-order valence-corrected chi connectivity index (χ4v) is 3.02. The van der Waals surface area contributed by atoms with Gasteiger partial charge in [-0.1, -0.05) is 29.5 Å². The Hall–Kier alpha value is -3.00. The first-order valence-corrected chi connectivity index (χ1v) is 9.61. The third-order valence-electron chi connectivity index (χ3n) is 3.85. The van der Waals surface area contributed by atoms with E-state index in [1.165, 1.54) is 11.8 Å². The minimum Gasteiger partial charge on any atom is -0.497 e. The van der Waals surface area contributed by atoms with Crippen LogP contribution in [0.1, 0.15) is 17.0 Å². The molecule has 0 saturated carbocycles. The summed E-state index contributed by atoms with van der Waals surface area (Å²) in [4.78, 5) is 12.1. The molecule has 0 aliphatic rings. The van der Waals surface area contributed by atoms with Crippen LogP contribution in [-0.2, 0) is 11.4 Å². The molecule has 2 aromatic carbocycles. The lowest BCUT2D eigenvalue weighted by Crippen LogP contribution is -2.14. The molecule has 1 aromatic heterocycles. The number of nitrogens with zero attached hydrogens (tertiary/aromatic N) is 2. The molecule has 0 aliphatic heterocycles. The van der Waals surface area contributed by atoms with E-state index in [0.717, 1.165) is 22.6 Å². The highest BCUT2D eigenvalue weighted by Gasteiger charge is 2.11. The number of aryl methyl sites for hydroxylation is 2. The summed E-state index contributed by atoms with van der Waals surface area (Å²) in [5, 5.41) is 11.1. The van der Waals surface area contributed by atoms with Crippen molar-refractivity contribution in [1.82, 2.24) is 10.2 Å². The second-order valence-corrected chi connectivity index (χ2v) is 7.01. The van der Waals surface area contributed by atoms with E-state index in [1.54, 1.807) is 31.4 Å². The highest BCUT2D eigenvalue weighted by atomic mass is 32.2. The third-order valence-corrected chi connectivity index (χ3v) is 4.67. The van der Waals surface area contributed by atoms with E-state index in [-0.39, 0.29) is 18.3 Å². The van der Waals surface area contributed by atoms with E-state index in [0.29, 0.717) is 16.9 Å². The Morgan fingerprint density at radius 1 is 1.11 bits per heavy atom. The van der Waals surface area contributed by atoms with Crippen LogP contribution in [0.2, 0.25) is 0 Å². The van der Waals surface area contributed by atoms with Crippen molar-refractivity contribution in [2.75, 3.05) is 18.2 Å². The fourth-order valence-electron chi connectivity index (χ4n) is 2.44. The van der Waals surface area contributed by atoms with Gasteiger partial charge in [0.25, 0.3) is 11.1 Å². The Bertz CT molecular complexity index is 941. The largest absolute Gasteiger partial charge is 0.497 e.